The lowest BCUT2D eigenvalue weighted by molar-refractivity contribution is -0.122. The van der Waals surface area contributed by atoms with Gasteiger partial charge >= 0.3 is 6.03 Å². The van der Waals surface area contributed by atoms with Crippen LogP contribution >= 0.6 is 11.6 Å². The van der Waals surface area contributed by atoms with E-state index in [0.717, 1.165) is 21.6 Å². The van der Waals surface area contributed by atoms with Crippen molar-refractivity contribution < 1.29 is 23.9 Å². The number of imide groups is 2. The molecule has 9 heteroatoms. The molecule has 1 saturated heterocycles. The van der Waals surface area contributed by atoms with Crippen LogP contribution in [0, 0.1) is 20.8 Å². The zero-order chi connectivity index (χ0) is 26.7. The van der Waals surface area contributed by atoms with Crippen LogP contribution in [0.5, 0.6) is 5.75 Å². The number of urea groups is 1. The van der Waals surface area contributed by atoms with Gasteiger partial charge in [-0.05, 0) is 85.5 Å². The number of nitrogens with zero attached hydrogens (tertiary/aromatic N) is 1. The average molecular weight is 518 g/mol. The van der Waals surface area contributed by atoms with E-state index in [1.54, 1.807) is 60.7 Å². The molecule has 0 aliphatic carbocycles. The molecule has 0 unspecified atom stereocenters. The SMILES string of the molecule is Cc1ccc(N2C(=O)NC(=O)/C(=C/c3ccc(OCC(=O)Nc4ccc(C)c(Cl)c4)cc3)C2=O)cc1C. The molecule has 8 nitrogen and oxygen atoms in total. The largest absolute Gasteiger partial charge is 0.484 e. The van der Waals surface area contributed by atoms with Gasteiger partial charge in [0.05, 0.1) is 5.69 Å². The molecule has 37 heavy (non-hydrogen) atoms. The van der Waals surface area contributed by atoms with Crippen molar-refractivity contribution in [3.8, 4) is 5.75 Å². The fraction of sp³-hybridized carbons (Fsp3) is 0.143. The lowest BCUT2D eigenvalue weighted by Gasteiger charge is -2.26. The number of barbiturate groups is 1. The van der Waals surface area contributed by atoms with Crippen LogP contribution in [0.25, 0.3) is 6.08 Å². The number of hydrogen-bond acceptors (Lipinski definition) is 5. The minimum atomic E-state index is -0.801. The minimum absolute atomic E-state index is 0.178. The van der Waals surface area contributed by atoms with Gasteiger partial charge in [-0.25, -0.2) is 9.69 Å². The fourth-order valence-electron chi connectivity index (χ4n) is 3.60. The molecule has 4 rings (SSSR count). The Morgan fingerprint density at radius 2 is 1.65 bits per heavy atom. The predicted molar refractivity (Wildman–Crippen MR) is 142 cm³/mol. The first-order valence-electron chi connectivity index (χ1n) is 11.4. The molecule has 0 spiro atoms. The van der Waals surface area contributed by atoms with Crippen molar-refractivity contribution in [1.29, 1.82) is 0 Å². The Balaban J connectivity index is 1.43. The van der Waals surface area contributed by atoms with Gasteiger partial charge in [0.2, 0.25) is 0 Å². The number of benzene rings is 3. The molecule has 0 saturated carbocycles. The number of carbonyl (C=O) groups excluding carboxylic acids is 4. The maximum absolute atomic E-state index is 13.1. The third kappa shape index (κ3) is 5.87. The van der Waals surface area contributed by atoms with E-state index in [0.29, 0.717) is 27.7 Å². The van der Waals surface area contributed by atoms with Crippen LogP contribution in [0.4, 0.5) is 16.2 Å². The Morgan fingerprint density at radius 1 is 0.946 bits per heavy atom. The van der Waals surface area contributed by atoms with Gasteiger partial charge in [-0.15, -0.1) is 0 Å². The molecule has 1 heterocycles. The maximum Gasteiger partial charge on any atom is 0.335 e. The maximum atomic E-state index is 13.1. The number of hydrogen-bond donors (Lipinski definition) is 2. The number of amides is 5. The number of aryl methyl sites for hydroxylation is 3. The summed E-state index contributed by atoms with van der Waals surface area (Å²) in [6.45, 7) is 5.44. The molecule has 1 aliphatic rings. The minimum Gasteiger partial charge on any atom is -0.484 e. The summed E-state index contributed by atoms with van der Waals surface area (Å²) in [5, 5.41) is 5.48. The van der Waals surface area contributed by atoms with Crippen LogP contribution in [-0.2, 0) is 14.4 Å². The predicted octanol–water partition coefficient (Wildman–Crippen LogP) is 4.95. The Kier molecular flexibility index (Phi) is 7.40. The van der Waals surface area contributed by atoms with E-state index in [1.807, 2.05) is 20.8 Å². The Labute approximate surface area is 218 Å². The molecule has 1 fully saturated rings. The first kappa shape index (κ1) is 25.7. The van der Waals surface area contributed by atoms with E-state index in [-0.39, 0.29) is 18.1 Å². The number of carbonyl (C=O) groups is 4. The van der Waals surface area contributed by atoms with Crippen molar-refractivity contribution in [2.75, 3.05) is 16.8 Å². The lowest BCUT2D eigenvalue weighted by Crippen LogP contribution is -2.54. The van der Waals surface area contributed by atoms with Gasteiger partial charge < -0.3 is 10.1 Å². The highest BCUT2D eigenvalue weighted by Crippen LogP contribution is 2.25. The average Bonchev–Trinajstić information content (AvgIpc) is 2.85. The Morgan fingerprint density at radius 3 is 2.32 bits per heavy atom. The molecule has 5 amide bonds. The van der Waals surface area contributed by atoms with Crippen molar-refractivity contribution in [2.24, 2.45) is 0 Å². The molecule has 0 bridgehead atoms. The van der Waals surface area contributed by atoms with Crippen molar-refractivity contribution in [1.82, 2.24) is 5.32 Å². The Hall–Kier alpha value is -4.43. The first-order valence-corrected chi connectivity index (χ1v) is 11.8. The molecule has 1 aliphatic heterocycles. The van der Waals surface area contributed by atoms with Gasteiger partial charge in [0.15, 0.2) is 6.61 Å². The van der Waals surface area contributed by atoms with Gasteiger partial charge in [0, 0.05) is 10.7 Å². The third-order valence-electron chi connectivity index (χ3n) is 5.87. The smallest absolute Gasteiger partial charge is 0.335 e. The molecular formula is C28H24ClN3O5. The quantitative estimate of drug-likeness (QED) is 0.355. The molecule has 0 atom stereocenters. The summed E-state index contributed by atoms with van der Waals surface area (Å²) in [5.41, 5.74) is 4.13. The van der Waals surface area contributed by atoms with Gasteiger partial charge in [-0.1, -0.05) is 35.9 Å². The van der Waals surface area contributed by atoms with Crippen molar-refractivity contribution in [3.63, 3.8) is 0 Å². The van der Waals surface area contributed by atoms with E-state index in [9.17, 15) is 19.2 Å². The summed E-state index contributed by atoms with van der Waals surface area (Å²) in [5.74, 6) is -1.43. The summed E-state index contributed by atoms with van der Waals surface area (Å²) < 4.78 is 5.53. The van der Waals surface area contributed by atoms with E-state index in [4.69, 9.17) is 16.3 Å². The zero-order valence-corrected chi connectivity index (χ0v) is 21.2. The molecule has 2 N–H and O–H groups in total. The molecule has 188 valence electrons. The van der Waals surface area contributed by atoms with Gasteiger partial charge in [0.25, 0.3) is 17.7 Å². The molecule has 0 radical (unpaired) electrons. The summed E-state index contributed by atoms with van der Waals surface area (Å²) >= 11 is 6.08. The van der Waals surface area contributed by atoms with E-state index >= 15 is 0 Å². The summed E-state index contributed by atoms with van der Waals surface area (Å²) in [7, 11) is 0. The van der Waals surface area contributed by atoms with Gasteiger partial charge in [-0.2, -0.15) is 0 Å². The zero-order valence-electron chi connectivity index (χ0n) is 20.4. The van der Waals surface area contributed by atoms with Crippen LogP contribution in [0.15, 0.2) is 66.2 Å². The van der Waals surface area contributed by atoms with Crippen LogP contribution in [0.3, 0.4) is 0 Å². The normalized spacial score (nSPS) is 14.5. The summed E-state index contributed by atoms with van der Waals surface area (Å²) in [6, 6.07) is 16.1. The van der Waals surface area contributed by atoms with E-state index in [1.165, 1.54) is 6.08 Å². The van der Waals surface area contributed by atoms with Crippen molar-refractivity contribution in [3.05, 3.63) is 93.5 Å². The number of halogens is 1. The number of nitrogens with one attached hydrogen (secondary N) is 2. The summed E-state index contributed by atoms with van der Waals surface area (Å²) in [4.78, 5) is 51.1. The standard InChI is InChI=1S/C28H24ClN3O5/c1-16-5-9-21(12-18(16)3)32-27(35)23(26(34)31-28(32)36)13-19-6-10-22(11-7-19)37-15-25(33)30-20-8-4-17(2)24(29)14-20/h4-14H,15H2,1-3H3,(H,30,33)(H,31,34,36)/b23-13-. The molecule has 0 aromatic heterocycles. The number of anilines is 2. The van der Waals surface area contributed by atoms with Crippen LogP contribution < -0.4 is 20.3 Å². The van der Waals surface area contributed by atoms with E-state index in [2.05, 4.69) is 10.6 Å². The fourth-order valence-corrected chi connectivity index (χ4v) is 3.78. The summed E-state index contributed by atoms with van der Waals surface area (Å²) in [6.07, 6.45) is 1.40. The van der Waals surface area contributed by atoms with Crippen LogP contribution in [-0.4, -0.2) is 30.4 Å². The van der Waals surface area contributed by atoms with Gasteiger partial charge in [-0.3, -0.25) is 19.7 Å². The van der Waals surface area contributed by atoms with Crippen LogP contribution in [0.1, 0.15) is 22.3 Å². The topological polar surface area (TPSA) is 105 Å². The third-order valence-corrected chi connectivity index (χ3v) is 6.27. The molecule has 3 aromatic rings. The van der Waals surface area contributed by atoms with Crippen molar-refractivity contribution >= 4 is 52.8 Å². The Bertz CT molecular complexity index is 1450. The number of rotatable bonds is 6. The monoisotopic (exact) mass is 517 g/mol. The lowest BCUT2D eigenvalue weighted by atomic mass is 10.1. The van der Waals surface area contributed by atoms with Crippen molar-refractivity contribution in [2.45, 2.75) is 20.8 Å². The molecule has 3 aromatic carbocycles. The second kappa shape index (κ2) is 10.7. The second-order valence-corrected chi connectivity index (χ2v) is 9.00. The van der Waals surface area contributed by atoms with E-state index < -0.39 is 17.8 Å². The first-order chi connectivity index (χ1) is 17.6. The highest BCUT2D eigenvalue weighted by molar-refractivity contribution is 6.39. The number of ether oxygens (including phenoxy) is 1. The molecular weight excluding hydrogens is 494 g/mol. The second-order valence-electron chi connectivity index (χ2n) is 8.60. The highest BCUT2D eigenvalue weighted by atomic mass is 35.5. The van der Waals surface area contributed by atoms with Gasteiger partial charge in [0.1, 0.15) is 11.3 Å². The highest BCUT2D eigenvalue weighted by Gasteiger charge is 2.36. The van der Waals surface area contributed by atoms with Crippen LogP contribution in [0.2, 0.25) is 5.02 Å².